The van der Waals surface area contributed by atoms with Gasteiger partial charge in [-0.2, -0.15) is 10.4 Å². The molecule has 2 heterocycles. The van der Waals surface area contributed by atoms with Gasteiger partial charge in [0.1, 0.15) is 22.8 Å². The van der Waals surface area contributed by atoms with E-state index in [0.717, 1.165) is 0 Å². The average molecular weight is 401 g/mol. The standard InChI is InChI=1S/C20H27N5O4/c1-9-15-14(10-21)16(23(8)17(26)28-19(2,3)4)25(22-15)13-11-24(12-13)18(27)29-20(5,6)7/h1,13H,11-12H2,2-8H3. The maximum absolute atomic E-state index is 12.6. The van der Waals surface area contributed by atoms with Crippen molar-refractivity contribution in [2.45, 2.75) is 58.8 Å². The summed E-state index contributed by atoms with van der Waals surface area (Å²) < 4.78 is 12.3. The number of nitriles is 1. The monoisotopic (exact) mass is 401 g/mol. The number of ether oxygens (including phenoxy) is 2. The zero-order valence-electron chi connectivity index (χ0n) is 17.9. The molecule has 1 aliphatic heterocycles. The first-order valence-electron chi connectivity index (χ1n) is 9.21. The van der Waals surface area contributed by atoms with Crippen molar-refractivity contribution in [2.24, 2.45) is 0 Å². The van der Waals surface area contributed by atoms with Crippen LogP contribution in [0.1, 0.15) is 58.8 Å². The van der Waals surface area contributed by atoms with Crippen LogP contribution < -0.4 is 4.90 Å². The van der Waals surface area contributed by atoms with Gasteiger partial charge in [-0.1, -0.05) is 0 Å². The van der Waals surface area contributed by atoms with Crippen molar-refractivity contribution in [3.8, 4) is 18.4 Å². The summed E-state index contributed by atoms with van der Waals surface area (Å²) in [4.78, 5) is 27.5. The van der Waals surface area contributed by atoms with Crippen molar-refractivity contribution in [2.75, 3.05) is 25.0 Å². The predicted molar refractivity (Wildman–Crippen MR) is 106 cm³/mol. The normalized spacial score (nSPS) is 14.4. The van der Waals surface area contributed by atoms with E-state index in [1.165, 1.54) is 21.5 Å². The van der Waals surface area contributed by atoms with Crippen molar-refractivity contribution >= 4 is 18.0 Å². The number of carbonyl (C=O) groups excluding carboxylic acids is 2. The van der Waals surface area contributed by atoms with Crippen molar-refractivity contribution in [3.05, 3.63) is 11.3 Å². The first-order chi connectivity index (χ1) is 13.3. The van der Waals surface area contributed by atoms with Gasteiger partial charge < -0.3 is 14.4 Å². The van der Waals surface area contributed by atoms with Crippen LogP contribution in [0.15, 0.2) is 0 Å². The highest BCUT2D eigenvalue weighted by Crippen LogP contribution is 2.32. The number of likely N-dealkylation sites (tertiary alicyclic amines) is 1. The third-order valence-electron chi connectivity index (χ3n) is 3.98. The van der Waals surface area contributed by atoms with Gasteiger partial charge in [0.15, 0.2) is 11.5 Å². The summed E-state index contributed by atoms with van der Waals surface area (Å²) in [5.41, 5.74) is -1.06. The van der Waals surface area contributed by atoms with Crippen LogP contribution in [0.5, 0.6) is 0 Å². The molecule has 1 aliphatic rings. The molecule has 1 aromatic heterocycles. The Bertz CT molecular complexity index is 886. The Morgan fingerprint density at radius 3 is 2.17 bits per heavy atom. The summed E-state index contributed by atoms with van der Waals surface area (Å²) in [6, 6.07) is 1.77. The number of anilines is 1. The predicted octanol–water partition coefficient (Wildman–Crippen LogP) is 2.90. The molecule has 9 heteroatoms. The molecule has 1 fully saturated rings. The van der Waals surface area contributed by atoms with Crippen molar-refractivity contribution in [1.29, 1.82) is 5.26 Å². The molecule has 0 N–H and O–H groups in total. The molecule has 2 amide bonds. The molecule has 0 aliphatic carbocycles. The largest absolute Gasteiger partial charge is 0.444 e. The fourth-order valence-electron chi connectivity index (χ4n) is 2.71. The Morgan fingerprint density at radius 1 is 1.17 bits per heavy atom. The highest BCUT2D eigenvalue weighted by atomic mass is 16.6. The summed E-state index contributed by atoms with van der Waals surface area (Å²) in [5.74, 6) is 2.62. The SMILES string of the molecule is C#Cc1nn(C2CN(C(=O)OC(C)(C)C)C2)c(N(C)C(=O)OC(C)(C)C)c1C#N. The van der Waals surface area contributed by atoms with E-state index in [0.29, 0.717) is 13.1 Å². The fourth-order valence-corrected chi connectivity index (χ4v) is 2.71. The van der Waals surface area contributed by atoms with Crippen LogP contribution in [0.2, 0.25) is 0 Å². The minimum absolute atomic E-state index is 0.108. The Hall–Kier alpha value is -3.20. The fraction of sp³-hybridized carbons (Fsp3) is 0.600. The summed E-state index contributed by atoms with van der Waals surface area (Å²) >= 11 is 0. The quantitative estimate of drug-likeness (QED) is 0.706. The van der Waals surface area contributed by atoms with Crippen LogP contribution in [-0.2, 0) is 9.47 Å². The average Bonchev–Trinajstić information content (AvgIpc) is 2.87. The zero-order chi connectivity index (χ0) is 22.1. The number of hydrogen-bond acceptors (Lipinski definition) is 6. The van der Waals surface area contributed by atoms with Crippen LogP contribution in [0, 0.1) is 23.7 Å². The van der Waals surface area contributed by atoms with Crippen LogP contribution in [0.3, 0.4) is 0 Å². The Kier molecular flexibility index (Phi) is 5.84. The summed E-state index contributed by atoms with van der Waals surface area (Å²) in [7, 11) is 1.49. The number of hydrogen-bond donors (Lipinski definition) is 0. The first-order valence-corrected chi connectivity index (χ1v) is 9.21. The lowest BCUT2D eigenvalue weighted by Gasteiger charge is -2.40. The van der Waals surface area contributed by atoms with Crippen molar-refractivity contribution < 1.29 is 19.1 Å². The van der Waals surface area contributed by atoms with Gasteiger partial charge in [-0.05, 0) is 47.5 Å². The molecule has 1 saturated heterocycles. The van der Waals surface area contributed by atoms with Gasteiger partial charge in [0.2, 0.25) is 0 Å². The summed E-state index contributed by atoms with van der Waals surface area (Å²) in [5, 5.41) is 13.9. The number of rotatable bonds is 2. The molecule has 0 bridgehead atoms. The Morgan fingerprint density at radius 2 is 1.72 bits per heavy atom. The van der Waals surface area contributed by atoms with Gasteiger partial charge in [0.25, 0.3) is 0 Å². The van der Waals surface area contributed by atoms with E-state index in [1.807, 2.05) is 6.07 Å². The lowest BCUT2D eigenvalue weighted by molar-refractivity contribution is -0.000372. The number of nitrogens with zero attached hydrogens (tertiary/aromatic N) is 5. The van der Waals surface area contributed by atoms with E-state index >= 15 is 0 Å². The van der Waals surface area contributed by atoms with Gasteiger partial charge >= 0.3 is 12.2 Å². The smallest absolute Gasteiger partial charge is 0.415 e. The maximum Gasteiger partial charge on any atom is 0.415 e. The minimum Gasteiger partial charge on any atom is -0.444 e. The van der Waals surface area contributed by atoms with E-state index in [-0.39, 0.29) is 23.1 Å². The molecule has 29 heavy (non-hydrogen) atoms. The lowest BCUT2D eigenvalue weighted by Crippen LogP contribution is -2.53. The highest BCUT2D eigenvalue weighted by molar-refractivity contribution is 5.88. The molecule has 0 unspecified atom stereocenters. The first kappa shape index (κ1) is 22.1. The van der Waals surface area contributed by atoms with Crippen LogP contribution in [-0.4, -0.2) is 58.2 Å². The van der Waals surface area contributed by atoms with E-state index in [2.05, 4.69) is 11.0 Å². The summed E-state index contributed by atoms with van der Waals surface area (Å²) in [6.45, 7) is 11.3. The van der Waals surface area contributed by atoms with Gasteiger partial charge in [-0.25, -0.2) is 14.3 Å². The Labute approximate surface area is 171 Å². The zero-order valence-corrected chi connectivity index (χ0v) is 17.9. The van der Waals surface area contributed by atoms with Crippen LogP contribution >= 0.6 is 0 Å². The lowest BCUT2D eigenvalue weighted by atomic mass is 10.1. The number of amides is 2. The molecule has 0 spiro atoms. The molecule has 2 rings (SSSR count). The minimum atomic E-state index is -0.706. The van der Waals surface area contributed by atoms with E-state index in [9.17, 15) is 14.9 Å². The molecule has 0 aromatic carbocycles. The van der Waals surface area contributed by atoms with E-state index in [4.69, 9.17) is 15.9 Å². The highest BCUT2D eigenvalue weighted by Gasteiger charge is 2.39. The maximum atomic E-state index is 12.6. The molecular weight excluding hydrogens is 374 g/mol. The summed E-state index contributed by atoms with van der Waals surface area (Å²) in [6.07, 6.45) is 4.43. The van der Waals surface area contributed by atoms with Crippen molar-refractivity contribution in [1.82, 2.24) is 14.7 Å². The second kappa shape index (κ2) is 7.67. The van der Waals surface area contributed by atoms with Crippen LogP contribution in [0.25, 0.3) is 0 Å². The second-order valence-electron chi connectivity index (χ2n) is 8.83. The third-order valence-corrected chi connectivity index (χ3v) is 3.98. The van der Waals surface area contributed by atoms with Gasteiger partial charge in [-0.15, -0.1) is 6.42 Å². The van der Waals surface area contributed by atoms with Gasteiger partial charge in [0.05, 0.1) is 6.04 Å². The molecule has 1 aromatic rings. The molecule has 0 radical (unpaired) electrons. The molecule has 9 nitrogen and oxygen atoms in total. The van der Waals surface area contributed by atoms with Crippen LogP contribution in [0.4, 0.5) is 15.4 Å². The molecular formula is C20H27N5O4. The number of terminal acetylenes is 1. The number of aromatic nitrogens is 2. The van der Waals surface area contributed by atoms with Crippen molar-refractivity contribution in [3.63, 3.8) is 0 Å². The molecule has 156 valence electrons. The van der Waals surface area contributed by atoms with Gasteiger partial charge in [-0.3, -0.25) is 4.90 Å². The van der Waals surface area contributed by atoms with E-state index < -0.39 is 23.4 Å². The second-order valence-corrected chi connectivity index (χ2v) is 8.83. The molecule has 0 saturated carbocycles. The Balaban J connectivity index is 2.29. The number of carbonyl (C=O) groups is 2. The molecule has 0 atom stereocenters. The van der Waals surface area contributed by atoms with Gasteiger partial charge in [0, 0.05) is 20.1 Å². The third kappa shape index (κ3) is 5.00. The topological polar surface area (TPSA) is 101 Å². The van der Waals surface area contributed by atoms with E-state index in [1.54, 1.807) is 41.5 Å².